The molecule has 0 amide bonds. The molecule has 0 aliphatic heterocycles. The monoisotopic (exact) mass is 180 g/mol. The Kier molecular flexibility index (Phi) is 44.7. The normalized spacial score (nSPS) is 6.67. The van der Waals surface area contributed by atoms with E-state index in [-0.39, 0.29) is 94.1 Å². The summed E-state index contributed by atoms with van der Waals surface area (Å²) in [6.45, 7) is 0. The summed E-state index contributed by atoms with van der Waals surface area (Å²) in [5.41, 5.74) is 0. The SMILES string of the molecule is O.[Na+].[Na+].[Na+].[O-][Si]([O-])([O-])O. The van der Waals surface area contributed by atoms with Gasteiger partial charge in [-0.15, -0.1) is 9.05 Å². The van der Waals surface area contributed by atoms with Crippen molar-refractivity contribution in [2.24, 2.45) is 0 Å². The standard InChI is InChI=1S/3Na.HO4Si.H2O/c;;;1-5(2,3)4;/h;;;1H;1H2/q3*+1;-3;. The first-order chi connectivity index (χ1) is 2.00. The van der Waals surface area contributed by atoms with Gasteiger partial charge in [0.1, 0.15) is 0 Å². The van der Waals surface area contributed by atoms with Crippen molar-refractivity contribution in [2.75, 3.05) is 0 Å². The van der Waals surface area contributed by atoms with Gasteiger partial charge in [-0.3, -0.25) is 0 Å². The van der Waals surface area contributed by atoms with Crippen molar-refractivity contribution in [3.05, 3.63) is 0 Å². The van der Waals surface area contributed by atoms with Gasteiger partial charge >= 0.3 is 88.7 Å². The Morgan fingerprint density at radius 2 is 0.889 bits per heavy atom. The summed E-state index contributed by atoms with van der Waals surface area (Å²) in [5, 5.41) is 0. The maximum atomic E-state index is 8.69. The van der Waals surface area contributed by atoms with Crippen LogP contribution in [0.1, 0.15) is 0 Å². The average Bonchev–Trinajstić information content (AvgIpc) is 0.722. The fourth-order valence-electron chi connectivity index (χ4n) is 0. The minimum atomic E-state index is -5.36. The van der Waals surface area contributed by atoms with E-state index in [1.165, 1.54) is 0 Å². The molecule has 0 saturated carbocycles. The summed E-state index contributed by atoms with van der Waals surface area (Å²) in [7, 11) is -5.36. The van der Waals surface area contributed by atoms with Crippen molar-refractivity contribution in [1.82, 2.24) is 0 Å². The van der Waals surface area contributed by atoms with Crippen LogP contribution < -0.4 is 103 Å². The van der Waals surface area contributed by atoms with Crippen molar-refractivity contribution in [1.29, 1.82) is 0 Å². The van der Waals surface area contributed by atoms with Crippen molar-refractivity contribution >= 4 is 9.05 Å². The average molecular weight is 180 g/mol. The smallest absolute Gasteiger partial charge is 0.861 e. The van der Waals surface area contributed by atoms with Gasteiger partial charge in [0.2, 0.25) is 0 Å². The predicted octanol–water partition coefficient (Wildman–Crippen LogP) is -14.3. The summed E-state index contributed by atoms with van der Waals surface area (Å²) in [5.74, 6) is 0. The minimum absolute atomic E-state index is 0. The fourth-order valence-corrected chi connectivity index (χ4v) is 0. The van der Waals surface area contributed by atoms with Gasteiger partial charge in [0, 0.05) is 0 Å². The van der Waals surface area contributed by atoms with Crippen LogP contribution in [0.5, 0.6) is 0 Å². The Hall–Kier alpha value is 3.02. The molecule has 5 nitrogen and oxygen atoms in total. The minimum Gasteiger partial charge on any atom is -0.861 e. The van der Waals surface area contributed by atoms with Crippen molar-refractivity contribution < 1.29 is 113 Å². The van der Waals surface area contributed by atoms with Gasteiger partial charge in [-0.25, -0.2) is 0 Å². The van der Waals surface area contributed by atoms with Crippen molar-refractivity contribution in [3.63, 3.8) is 0 Å². The van der Waals surface area contributed by atoms with Crippen LogP contribution in [0.4, 0.5) is 0 Å². The van der Waals surface area contributed by atoms with Crippen LogP contribution in [0, 0.1) is 0 Å². The molecule has 0 atom stereocenters. The summed E-state index contributed by atoms with van der Waals surface area (Å²) in [4.78, 5) is 33.1. The molecule has 9 heavy (non-hydrogen) atoms. The first-order valence-corrected chi connectivity index (χ1v) is 2.51. The van der Waals surface area contributed by atoms with Crippen LogP contribution in [0.2, 0.25) is 0 Å². The zero-order valence-electron chi connectivity index (χ0n) is 5.67. The fraction of sp³-hybridized carbons (Fsp3) is 0. The molecule has 0 aromatic heterocycles. The molecular formula is H3Na3O5Si. The van der Waals surface area contributed by atoms with Crippen molar-refractivity contribution in [3.8, 4) is 0 Å². The van der Waals surface area contributed by atoms with E-state index in [9.17, 15) is 0 Å². The molecule has 40 valence electrons. The second-order valence-corrected chi connectivity index (χ2v) is 1.57. The van der Waals surface area contributed by atoms with Gasteiger partial charge in [0.25, 0.3) is 0 Å². The Morgan fingerprint density at radius 1 is 0.889 bits per heavy atom. The van der Waals surface area contributed by atoms with Gasteiger partial charge in [-0.05, 0) is 0 Å². The molecule has 0 aromatic carbocycles. The first-order valence-electron chi connectivity index (χ1n) is 0.836. The second kappa shape index (κ2) is 13.6. The Labute approximate surface area is 120 Å². The van der Waals surface area contributed by atoms with E-state index in [0.717, 1.165) is 0 Å². The number of rotatable bonds is 0. The maximum absolute atomic E-state index is 8.69. The molecule has 0 aliphatic carbocycles. The topological polar surface area (TPSA) is 121 Å². The van der Waals surface area contributed by atoms with Gasteiger partial charge in [0.15, 0.2) is 0 Å². The molecular weight excluding hydrogens is 177 g/mol. The third-order valence-corrected chi connectivity index (χ3v) is 0. The molecule has 0 aliphatic rings. The van der Waals surface area contributed by atoms with E-state index in [1.54, 1.807) is 0 Å². The number of hydrogen-bond donors (Lipinski definition) is 1. The van der Waals surface area contributed by atoms with Crippen LogP contribution in [0.25, 0.3) is 0 Å². The molecule has 0 heterocycles. The van der Waals surface area contributed by atoms with Crippen LogP contribution >= 0.6 is 0 Å². The van der Waals surface area contributed by atoms with Gasteiger partial charge in [-0.2, -0.15) is 0 Å². The quantitative estimate of drug-likeness (QED) is 0.372. The molecule has 0 unspecified atom stereocenters. The van der Waals surface area contributed by atoms with E-state index in [0.29, 0.717) is 0 Å². The van der Waals surface area contributed by atoms with E-state index in [1.807, 2.05) is 0 Å². The van der Waals surface area contributed by atoms with Gasteiger partial charge in [0.05, 0.1) is 0 Å². The molecule has 0 spiro atoms. The van der Waals surface area contributed by atoms with E-state index < -0.39 is 9.05 Å². The predicted molar refractivity (Wildman–Crippen MR) is 11.6 cm³/mol. The largest absolute Gasteiger partial charge is 1.00 e. The molecule has 0 aromatic rings. The summed E-state index contributed by atoms with van der Waals surface area (Å²) in [6.07, 6.45) is 0. The van der Waals surface area contributed by atoms with Crippen LogP contribution in [0.15, 0.2) is 0 Å². The number of hydrogen-bond acceptors (Lipinski definition) is 4. The molecule has 0 radical (unpaired) electrons. The summed E-state index contributed by atoms with van der Waals surface area (Å²) in [6, 6.07) is 0. The summed E-state index contributed by atoms with van der Waals surface area (Å²) < 4.78 is 0. The van der Waals surface area contributed by atoms with Crippen LogP contribution in [0.3, 0.4) is 0 Å². The molecule has 0 fully saturated rings. The Balaban J connectivity index is -0.0000000133. The second-order valence-electron chi connectivity index (χ2n) is 0.524. The van der Waals surface area contributed by atoms with E-state index in [2.05, 4.69) is 0 Å². The van der Waals surface area contributed by atoms with Gasteiger partial charge in [-0.1, -0.05) is 0 Å². The molecule has 0 saturated heterocycles. The zero-order chi connectivity index (χ0) is 4.50. The Morgan fingerprint density at radius 3 is 0.889 bits per heavy atom. The Bertz CT molecular complexity index is 27.7. The zero-order valence-corrected chi connectivity index (χ0v) is 12.7. The van der Waals surface area contributed by atoms with Crippen molar-refractivity contribution in [2.45, 2.75) is 0 Å². The van der Waals surface area contributed by atoms with Crippen LogP contribution in [-0.4, -0.2) is 19.3 Å². The molecule has 9 heteroatoms. The molecule has 0 rings (SSSR count). The van der Waals surface area contributed by atoms with Crippen LogP contribution in [-0.2, 0) is 0 Å². The third kappa shape index (κ3) is 98.4. The first kappa shape index (κ1) is 29.6. The van der Waals surface area contributed by atoms with Gasteiger partial charge < -0.3 is 24.7 Å². The third-order valence-electron chi connectivity index (χ3n) is 0. The molecule has 0 bridgehead atoms. The summed E-state index contributed by atoms with van der Waals surface area (Å²) >= 11 is 0. The molecule has 3 N–H and O–H groups in total. The van der Waals surface area contributed by atoms with E-state index in [4.69, 9.17) is 19.2 Å². The maximum Gasteiger partial charge on any atom is 1.00 e. The van der Waals surface area contributed by atoms with E-state index >= 15 is 0 Å².